The second kappa shape index (κ2) is 5.58. The minimum absolute atomic E-state index is 0.382. The van der Waals surface area contributed by atoms with E-state index in [1.807, 2.05) is 31.3 Å². The fourth-order valence-electron chi connectivity index (χ4n) is 2.80. The highest BCUT2D eigenvalue weighted by Gasteiger charge is 2.23. The Morgan fingerprint density at radius 1 is 1.48 bits per heavy atom. The third kappa shape index (κ3) is 2.39. The largest absolute Gasteiger partial charge is 0.494 e. The van der Waals surface area contributed by atoms with Gasteiger partial charge in [0.2, 0.25) is 0 Å². The van der Waals surface area contributed by atoms with Gasteiger partial charge in [0, 0.05) is 18.1 Å². The highest BCUT2D eigenvalue weighted by Crippen LogP contribution is 2.34. The average molecular weight is 283 g/mol. The van der Waals surface area contributed by atoms with Crippen molar-refractivity contribution in [2.75, 3.05) is 31.7 Å². The van der Waals surface area contributed by atoms with Crippen LogP contribution in [0.2, 0.25) is 0 Å². The Balaban J connectivity index is 2.13. The lowest BCUT2D eigenvalue weighted by molar-refractivity contribution is 0.0765. The van der Waals surface area contributed by atoms with Crippen LogP contribution in [0.1, 0.15) is 5.56 Å². The average Bonchev–Trinajstić information content (AvgIpc) is 2.54. The molecule has 0 bridgehead atoms. The summed E-state index contributed by atoms with van der Waals surface area (Å²) in [7, 11) is 1.65. The molecule has 1 aromatic carbocycles. The number of ether oxygens (including phenoxy) is 2. The summed E-state index contributed by atoms with van der Waals surface area (Å²) in [5.74, 6) is 0.763. The number of nitrogens with zero attached hydrogens (tertiary/aromatic N) is 3. The Kier molecular flexibility index (Phi) is 3.63. The summed E-state index contributed by atoms with van der Waals surface area (Å²) in [6.07, 6.45) is 1.48. The quantitative estimate of drug-likeness (QED) is 0.846. The maximum atomic E-state index is 9.09. The number of rotatable bonds is 2. The van der Waals surface area contributed by atoms with Gasteiger partial charge in [-0.15, -0.1) is 0 Å². The highest BCUT2D eigenvalue weighted by molar-refractivity contribution is 5.96. The number of benzene rings is 1. The molecule has 1 atom stereocenters. The van der Waals surface area contributed by atoms with Crippen LogP contribution in [0.4, 0.5) is 5.69 Å². The predicted octanol–water partition coefficient (Wildman–Crippen LogP) is 2.28. The summed E-state index contributed by atoms with van der Waals surface area (Å²) in [5, 5.41) is 10.1. The van der Waals surface area contributed by atoms with E-state index in [4.69, 9.17) is 14.7 Å². The number of hydrogen-bond donors (Lipinski definition) is 0. The molecule has 0 saturated carbocycles. The van der Waals surface area contributed by atoms with Crippen molar-refractivity contribution < 1.29 is 9.47 Å². The van der Waals surface area contributed by atoms with Gasteiger partial charge in [-0.25, -0.2) is 0 Å². The van der Waals surface area contributed by atoms with Crippen molar-refractivity contribution in [2.45, 2.75) is 13.0 Å². The molecule has 5 heteroatoms. The molecule has 0 N–H and O–H groups in total. The number of aromatic nitrogens is 1. The minimum Gasteiger partial charge on any atom is -0.494 e. The molecule has 0 aliphatic carbocycles. The third-order valence-corrected chi connectivity index (χ3v) is 3.76. The van der Waals surface area contributed by atoms with E-state index in [1.54, 1.807) is 7.11 Å². The van der Waals surface area contributed by atoms with Gasteiger partial charge in [0.05, 0.1) is 32.0 Å². The summed E-state index contributed by atoms with van der Waals surface area (Å²) in [6.45, 7) is 3.95. The number of pyridine rings is 1. The molecule has 108 valence electrons. The maximum absolute atomic E-state index is 9.09. The monoisotopic (exact) mass is 283 g/mol. The Labute approximate surface area is 123 Å². The van der Waals surface area contributed by atoms with Crippen LogP contribution in [0.25, 0.3) is 10.9 Å². The van der Waals surface area contributed by atoms with Crippen LogP contribution in [0.3, 0.4) is 0 Å². The number of fused-ring (bicyclic) bond motifs is 1. The van der Waals surface area contributed by atoms with Crippen molar-refractivity contribution in [3.63, 3.8) is 0 Å². The summed E-state index contributed by atoms with van der Waals surface area (Å²) in [4.78, 5) is 6.70. The van der Waals surface area contributed by atoms with E-state index < -0.39 is 0 Å². The Bertz CT molecular complexity index is 708. The molecule has 21 heavy (non-hydrogen) atoms. The van der Waals surface area contributed by atoms with Gasteiger partial charge in [-0.05, 0) is 18.6 Å². The molecule has 2 heterocycles. The van der Waals surface area contributed by atoms with Crippen LogP contribution >= 0.6 is 0 Å². The molecule has 1 saturated heterocycles. The molecule has 1 fully saturated rings. The number of morpholine rings is 1. The summed E-state index contributed by atoms with van der Waals surface area (Å²) >= 11 is 0. The van der Waals surface area contributed by atoms with Crippen molar-refractivity contribution in [1.29, 1.82) is 5.26 Å². The number of hydrogen-bond acceptors (Lipinski definition) is 5. The normalized spacial score (nSPS) is 18.5. The topological polar surface area (TPSA) is 58.4 Å². The van der Waals surface area contributed by atoms with Gasteiger partial charge in [0.25, 0.3) is 0 Å². The molecular formula is C16H17N3O2. The van der Waals surface area contributed by atoms with Gasteiger partial charge in [-0.1, -0.05) is 12.1 Å². The molecule has 0 radical (unpaired) electrons. The smallest absolute Gasteiger partial charge is 0.161 e. The molecule has 1 aliphatic heterocycles. The fourth-order valence-corrected chi connectivity index (χ4v) is 2.80. The van der Waals surface area contributed by atoms with Crippen molar-refractivity contribution in [3.05, 3.63) is 30.0 Å². The SMILES string of the molecule is COc1cccc2c(N3CCOC(C#N)C3)c(C)cnc12. The van der Waals surface area contributed by atoms with E-state index in [-0.39, 0.29) is 6.10 Å². The minimum atomic E-state index is -0.382. The van der Waals surface area contributed by atoms with Crippen LogP contribution in [-0.2, 0) is 4.74 Å². The maximum Gasteiger partial charge on any atom is 0.161 e. The zero-order valence-corrected chi connectivity index (χ0v) is 12.2. The Morgan fingerprint density at radius 2 is 2.33 bits per heavy atom. The first-order chi connectivity index (χ1) is 10.2. The third-order valence-electron chi connectivity index (χ3n) is 3.76. The van der Waals surface area contributed by atoms with Gasteiger partial charge in [0.15, 0.2) is 6.10 Å². The Morgan fingerprint density at radius 3 is 3.10 bits per heavy atom. The van der Waals surface area contributed by atoms with E-state index in [2.05, 4.69) is 16.0 Å². The summed E-state index contributed by atoms with van der Waals surface area (Å²) in [5.41, 5.74) is 3.05. The highest BCUT2D eigenvalue weighted by atomic mass is 16.5. The van der Waals surface area contributed by atoms with E-state index in [9.17, 15) is 0 Å². The van der Waals surface area contributed by atoms with Gasteiger partial charge in [0.1, 0.15) is 11.3 Å². The van der Waals surface area contributed by atoms with E-state index >= 15 is 0 Å². The first kappa shape index (κ1) is 13.7. The van der Waals surface area contributed by atoms with Crippen LogP contribution < -0.4 is 9.64 Å². The number of methoxy groups -OCH3 is 1. The molecule has 5 nitrogen and oxygen atoms in total. The van der Waals surface area contributed by atoms with Gasteiger partial charge >= 0.3 is 0 Å². The first-order valence-corrected chi connectivity index (χ1v) is 6.93. The van der Waals surface area contributed by atoms with Crippen molar-refractivity contribution in [2.24, 2.45) is 0 Å². The number of anilines is 1. The van der Waals surface area contributed by atoms with Crippen LogP contribution in [-0.4, -0.2) is 37.9 Å². The first-order valence-electron chi connectivity index (χ1n) is 6.93. The number of para-hydroxylation sites is 1. The van der Waals surface area contributed by atoms with Crippen molar-refractivity contribution in [1.82, 2.24) is 4.98 Å². The molecular weight excluding hydrogens is 266 g/mol. The van der Waals surface area contributed by atoms with Gasteiger partial charge in [-0.2, -0.15) is 5.26 Å². The van der Waals surface area contributed by atoms with Gasteiger partial charge in [-0.3, -0.25) is 4.98 Å². The lowest BCUT2D eigenvalue weighted by Gasteiger charge is -2.33. The second-order valence-electron chi connectivity index (χ2n) is 5.08. The van der Waals surface area contributed by atoms with Gasteiger partial charge < -0.3 is 14.4 Å². The predicted molar refractivity (Wildman–Crippen MR) is 80.6 cm³/mol. The zero-order valence-electron chi connectivity index (χ0n) is 12.2. The van der Waals surface area contributed by atoms with Crippen LogP contribution in [0, 0.1) is 18.3 Å². The lowest BCUT2D eigenvalue weighted by Crippen LogP contribution is -2.42. The molecule has 2 aromatic rings. The summed E-state index contributed by atoms with van der Waals surface area (Å²) < 4.78 is 10.8. The molecule has 1 aliphatic rings. The zero-order chi connectivity index (χ0) is 14.8. The van der Waals surface area contributed by atoms with E-state index in [0.717, 1.165) is 34.4 Å². The van der Waals surface area contributed by atoms with E-state index in [1.165, 1.54) is 0 Å². The number of nitriles is 1. The van der Waals surface area contributed by atoms with Crippen LogP contribution in [0.15, 0.2) is 24.4 Å². The molecule has 3 rings (SSSR count). The fraction of sp³-hybridized carbons (Fsp3) is 0.375. The summed E-state index contributed by atoms with van der Waals surface area (Å²) in [6, 6.07) is 8.11. The Hall–Kier alpha value is -2.32. The van der Waals surface area contributed by atoms with Crippen molar-refractivity contribution >= 4 is 16.6 Å². The molecule has 1 unspecified atom stereocenters. The second-order valence-corrected chi connectivity index (χ2v) is 5.08. The lowest BCUT2D eigenvalue weighted by atomic mass is 10.1. The van der Waals surface area contributed by atoms with Crippen LogP contribution in [0.5, 0.6) is 5.75 Å². The molecule has 0 spiro atoms. The van der Waals surface area contributed by atoms with E-state index in [0.29, 0.717) is 13.2 Å². The molecule has 1 aromatic heterocycles. The standard InChI is InChI=1S/C16H17N3O2/c1-11-9-18-15-13(4-3-5-14(15)20-2)16(11)19-6-7-21-12(8-17)10-19/h3-5,9,12H,6-7,10H2,1-2H3. The number of aryl methyl sites for hydroxylation is 1. The van der Waals surface area contributed by atoms with Crippen molar-refractivity contribution in [3.8, 4) is 11.8 Å². The molecule has 0 amide bonds.